The zero-order chi connectivity index (χ0) is 13.8. The van der Waals surface area contributed by atoms with Crippen molar-refractivity contribution in [3.05, 3.63) is 0 Å². The topological polar surface area (TPSA) is 57.5 Å². The van der Waals surface area contributed by atoms with Crippen LogP contribution in [0.1, 0.15) is 64.7 Å². The number of hydrogen-bond acceptors (Lipinski definition) is 2. The van der Waals surface area contributed by atoms with Crippen molar-refractivity contribution in [2.75, 3.05) is 4.43 Å². The Morgan fingerprint density at radius 2 is 1.56 bits per heavy atom. The predicted molar refractivity (Wildman–Crippen MR) is 83.2 cm³/mol. The van der Waals surface area contributed by atoms with Crippen LogP contribution in [0.25, 0.3) is 0 Å². The Balaban J connectivity index is 3.53. The van der Waals surface area contributed by atoms with Gasteiger partial charge < -0.3 is 10.2 Å². The fourth-order valence-corrected chi connectivity index (χ4v) is 2.70. The first-order chi connectivity index (χ1) is 8.63. The molecule has 0 rings (SSSR count). The summed E-state index contributed by atoms with van der Waals surface area (Å²) in [7, 11) is 0. The minimum Gasteiger partial charge on any atom is -0.481 e. The molecule has 0 aliphatic carbocycles. The van der Waals surface area contributed by atoms with Crippen molar-refractivity contribution in [3.63, 3.8) is 0 Å². The fourth-order valence-electron chi connectivity index (χ4n) is 2.09. The number of carboxylic acid groups (broad SMARTS) is 1. The van der Waals surface area contributed by atoms with Gasteiger partial charge in [0, 0.05) is 4.43 Å². The van der Waals surface area contributed by atoms with Gasteiger partial charge in [0.25, 0.3) is 0 Å². The van der Waals surface area contributed by atoms with Crippen molar-refractivity contribution < 1.29 is 15.0 Å². The van der Waals surface area contributed by atoms with Crippen molar-refractivity contribution in [1.29, 1.82) is 0 Å². The van der Waals surface area contributed by atoms with Gasteiger partial charge in [-0.25, -0.2) is 0 Å². The summed E-state index contributed by atoms with van der Waals surface area (Å²) in [4.78, 5) is 11.0. The molecular formula is C14H27IO3. The Kier molecular flexibility index (Phi) is 12.3. The number of aliphatic carboxylic acids is 1. The van der Waals surface area contributed by atoms with Crippen LogP contribution in [-0.4, -0.2) is 26.7 Å². The lowest BCUT2D eigenvalue weighted by molar-refractivity contribution is -0.145. The number of unbranched alkanes of at least 4 members (excludes halogenated alkanes) is 7. The van der Waals surface area contributed by atoms with E-state index in [1.165, 1.54) is 38.5 Å². The highest BCUT2D eigenvalue weighted by molar-refractivity contribution is 14.1. The van der Waals surface area contributed by atoms with Gasteiger partial charge in [0.1, 0.15) is 0 Å². The van der Waals surface area contributed by atoms with Crippen LogP contribution in [0.3, 0.4) is 0 Å². The molecule has 0 heterocycles. The molecule has 0 fully saturated rings. The number of alkyl halides is 1. The zero-order valence-corrected chi connectivity index (χ0v) is 13.6. The van der Waals surface area contributed by atoms with Crippen LogP contribution in [0.2, 0.25) is 0 Å². The molecule has 0 aromatic heterocycles. The van der Waals surface area contributed by atoms with Crippen LogP contribution in [0.5, 0.6) is 0 Å². The number of rotatable bonds is 12. The van der Waals surface area contributed by atoms with Crippen molar-refractivity contribution in [3.8, 4) is 0 Å². The van der Waals surface area contributed by atoms with Gasteiger partial charge in [0.15, 0.2) is 0 Å². The molecule has 0 saturated heterocycles. The van der Waals surface area contributed by atoms with Crippen LogP contribution in [0.15, 0.2) is 0 Å². The Morgan fingerprint density at radius 3 is 2.00 bits per heavy atom. The summed E-state index contributed by atoms with van der Waals surface area (Å²) in [6.07, 6.45) is 9.57. The number of carbonyl (C=O) groups is 1. The number of hydrogen-bond donors (Lipinski definition) is 2. The molecular weight excluding hydrogens is 343 g/mol. The van der Waals surface area contributed by atoms with Crippen molar-refractivity contribution >= 4 is 28.6 Å². The Morgan fingerprint density at radius 1 is 1.06 bits per heavy atom. The molecule has 2 atom stereocenters. The van der Waals surface area contributed by atoms with E-state index in [2.05, 4.69) is 6.92 Å². The molecule has 1 unspecified atom stereocenters. The standard InChI is InChI=1S/C14H27IO3/c1-2-3-4-5-6-7-8-9-10-12(14(17)18)13(16)11-15/h12-13,16H,2-11H2,1H3,(H,17,18)/t12?,13-/m0/s1. The highest BCUT2D eigenvalue weighted by Gasteiger charge is 2.24. The van der Waals surface area contributed by atoms with Gasteiger partial charge in [0.2, 0.25) is 0 Å². The van der Waals surface area contributed by atoms with Crippen LogP contribution >= 0.6 is 22.6 Å². The van der Waals surface area contributed by atoms with E-state index in [0.29, 0.717) is 10.8 Å². The molecule has 18 heavy (non-hydrogen) atoms. The van der Waals surface area contributed by atoms with Gasteiger partial charge >= 0.3 is 5.97 Å². The number of halogens is 1. The van der Waals surface area contributed by atoms with E-state index in [-0.39, 0.29) is 0 Å². The first-order valence-corrected chi connectivity index (χ1v) is 8.62. The molecule has 0 aliphatic rings. The number of carboxylic acids is 1. The second-order valence-electron chi connectivity index (χ2n) is 4.93. The summed E-state index contributed by atoms with van der Waals surface area (Å²) in [5.41, 5.74) is 0. The molecule has 108 valence electrons. The molecule has 3 nitrogen and oxygen atoms in total. The van der Waals surface area contributed by atoms with Crippen LogP contribution < -0.4 is 0 Å². The van der Waals surface area contributed by atoms with E-state index < -0.39 is 18.0 Å². The first-order valence-electron chi connectivity index (χ1n) is 7.10. The largest absolute Gasteiger partial charge is 0.481 e. The predicted octanol–water partition coefficient (Wildman–Crippen LogP) is 4.01. The Labute approximate surface area is 124 Å². The van der Waals surface area contributed by atoms with E-state index in [0.717, 1.165) is 12.8 Å². The molecule has 2 N–H and O–H groups in total. The maximum atomic E-state index is 11.0. The second-order valence-corrected chi connectivity index (χ2v) is 5.81. The van der Waals surface area contributed by atoms with Gasteiger partial charge in [-0.05, 0) is 6.42 Å². The third kappa shape index (κ3) is 9.14. The SMILES string of the molecule is CCCCCCCCCCC(C(=O)O)[C@@H](O)CI. The lowest BCUT2D eigenvalue weighted by Gasteiger charge is -2.16. The van der Waals surface area contributed by atoms with E-state index >= 15 is 0 Å². The number of aliphatic hydroxyl groups is 1. The van der Waals surface area contributed by atoms with Gasteiger partial charge in [-0.1, -0.05) is 80.9 Å². The van der Waals surface area contributed by atoms with Crippen LogP contribution in [0.4, 0.5) is 0 Å². The molecule has 0 saturated carbocycles. The minimum absolute atomic E-state index is 0.492. The average Bonchev–Trinajstić information content (AvgIpc) is 2.35. The quantitative estimate of drug-likeness (QED) is 0.310. The highest BCUT2D eigenvalue weighted by Crippen LogP contribution is 2.17. The van der Waals surface area contributed by atoms with E-state index in [9.17, 15) is 9.90 Å². The summed E-state index contributed by atoms with van der Waals surface area (Å²) in [5.74, 6) is -1.44. The minimum atomic E-state index is -0.859. The van der Waals surface area contributed by atoms with E-state index in [1.807, 2.05) is 22.6 Å². The molecule has 4 heteroatoms. The normalized spacial score (nSPS) is 14.4. The van der Waals surface area contributed by atoms with Gasteiger partial charge in [-0.3, -0.25) is 4.79 Å². The summed E-state index contributed by atoms with van der Waals surface area (Å²) in [6, 6.07) is 0. The van der Waals surface area contributed by atoms with Gasteiger partial charge in [0.05, 0.1) is 12.0 Å². The smallest absolute Gasteiger partial charge is 0.309 e. The summed E-state index contributed by atoms with van der Waals surface area (Å²) in [5, 5.41) is 18.6. The lowest BCUT2D eigenvalue weighted by Crippen LogP contribution is -2.29. The van der Waals surface area contributed by atoms with Crippen molar-refractivity contribution in [2.45, 2.75) is 70.8 Å². The van der Waals surface area contributed by atoms with Crippen molar-refractivity contribution in [2.24, 2.45) is 5.92 Å². The van der Waals surface area contributed by atoms with E-state index in [1.54, 1.807) is 0 Å². The fraction of sp³-hybridized carbons (Fsp3) is 0.929. The molecule has 0 aromatic rings. The Hall–Kier alpha value is 0.160. The van der Waals surface area contributed by atoms with Crippen molar-refractivity contribution in [1.82, 2.24) is 0 Å². The van der Waals surface area contributed by atoms with Crippen LogP contribution in [-0.2, 0) is 4.79 Å². The molecule has 0 radical (unpaired) electrons. The molecule has 0 amide bonds. The summed E-state index contributed by atoms with van der Waals surface area (Å²) < 4.78 is 0.492. The highest BCUT2D eigenvalue weighted by atomic mass is 127. The maximum Gasteiger partial charge on any atom is 0.309 e. The molecule has 0 aliphatic heterocycles. The van der Waals surface area contributed by atoms with Gasteiger partial charge in [-0.2, -0.15) is 0 Å². The third-order valence-corrected chi connectivity index (χ3v) is 4.21. The summed E-state index contributed by atoms with van der Waals surface area (Å²) >= 11 is 2.04. The maximum absolute atomic E-state index is 11.0. The number of aliphatic hydroxyl groups excluding tert-OH is 1. The van der Waals surface area contributed by atoms with E-state index in [4.69, 9.17) is 5.11 Å². The first kappa shape index (κ1) is 18.2. The second kappa shape index (κ2) is 12.2. The summed E-state index contributed by atoms with van der Waals surface area (Å²) in [6.45, 7) is 2.21. The molecule has 0 spiro atoms. The Bertz CT molecular complexity index is 209. The lowest BCUT2D eigenvalue weighted by atomic mass is 9.96. The molecule has 0 aromatic carbocycles. The molecule has 0 bridgehead atoms. The van der Waals surface area contributed by atoms with Gasteiger partial charge in [-0.15, -0.1) is 0 Å². The third-order valence-electron chi connectivity index (χ3n) is 3.31. The average molecular weight is 370 g/mol. The zero-order valence-electron chi connectivity index (χ0n) is 11.4. The van der Waals surface area contributed by atoms with Crippen LogP contribution in [0, 0.1) is 5.92 Å². The monoisotopic (exact) mass is 370 g/mol.